The molecule has 2 heterocycles. The summed E-state index contributed by atoms with van der Waals surface area (Å²) in [5, 5.41) is 3.61. The summed E-state index contributed by atoms with van der Waals surface area (Å²) in [7, 11) is 3.31. The lowest BCUT2D eigenvalue weighted by molar-refractivity contribution is 0.265. The van der Waals surface area contributed by atoms with Gasteiger partial charge in [0.25, 0.3) is 0 Å². The normalized spacial score (nSPS) is 15.2. The molecule has 1 aliphatic heterocycles. The van der Waals surface area contributed by atoms with Crippen molar-refractivity contribution in [3.05, 3.63) is 71.8 Å². The Hall–Kier alpha value is -2.99. The minimum absolute atomic E-state index is 0.322. The van der Waals surface area contributed by atoms with Crippen LogP contribution in [0.3, 0.4) is 0 Å². The van der Waals surface area contributed by atoms with Crippen LogP contribution in [-0.2, 0) is 19.6 Å². The Morgan fingerprint density at radius 1 is 1.07 bits per heavy atom. The Kier molecular flexibility index (Phi) is 6.00. The number of hydrogen-bond acceptors (Lipinski definition) is 5. The van der Waals surface area contributed by atoms with Gasteiger partial charge < -0.3 is 24.1 Å². The van der Waals surface area contributed by atoms with Crippen molar-refractivity contribution in [2.75, 3.05) is 20.8 Å². The van der Waals surface area contributed by atoms with Crippen LogP contribution in [0.1, 0.15) is 29.4 Å². The number of aromatic nitrogens is 2. The van der Waals surface area contributed by atoms with Crippen LogP contribution < -0.4 is 19.5 Å². The first-order chi connectivity index (χ1) is 14.3. The zero-order valence-corrected chi connectivity index (χ0v) is 16.9. The largest absolute Gasteiger partial charge is 0.493 e. The molecule has 4 rings (SSSR count). The van der Waals surface area contributed by atoms with Crippen molar-refractivity contribution in [2.24, 2.45) is 0 Å². The highest BCUT2D eigenvalue weighted by Crippen LogP contribution is 2.39. The quantitative estimate of drug-likeness (QED) is 0.600. The van der Waals surface area contributed by atoms with E-state index in [1.165, 1.54) is 0 Å². The molecule has 0 bridgehead atoms. The van der Waals surface area contributed by atoms with Gasteiger partial charge in [-0.15, -0.1) is 0 Å². The van der Waals surface area contributed by atoms with Crippen molar-refractivity contribution >= 4 is 0 Å². The lowest BCUT2D eigenvalue weighted by atomic mass is 10.1. The third-order valence-electron chi connectivity index (χ3n) is 5.27. The van der Waals surface area contributed by atoms with Gasteiger partial charge in [0.1, 0.15) is 12.4 Å². The second-order valence-electron chi connectivity index (χ2n) is 7.13. The van der Waals surface area contributed by atoms with Gasteiger partial charge in [-0.3, -0.25) is 0 Å². The molecular weight excluding hydrogens is 366 g/mol. The molecule has 6 heteroatoms. The van der Waals surface area contributed by atoms with E-state index in [9.17, 15) is 0 Å². The minimum Gasteiger partial charge on any atom is -0.493 e. The fourth-order valence-electron chi connectivity index (χ4n) is 3.75. The van der Waals surface area contributed by atoms with Crippen molar-refractivity contribution in [2.45, 2.75) is 32.0 Å². The highest BCUT2D eigenvalue weighted by Gasteiger charge is 2.22. The first-order valence-corrected chi connectivity index (χ1v) is 9.94. The highest BCUT2D eigenvalue weighted by atomic mass is 16.5. The summed E-state index contributed by atoms with van der Waals surface area (Å²) in [4.78, 5) is 4.46. The predicted octanol–water partition coefficient (Wildman–Crippen LogP) is 3.76. The van der Waals surface area contributed by atoms with Crippen molar-refractivity contribution in [3.8, 4) is 17.2 Å². The average Bonchev–Trinajstić information content (AvgIpc) is 3.37. The van der Waals surface area contributed by atoms with Crippen LogP contribution in [0.25, 0.3) is 0 Å². The molecule has 0 aliphatic carbocycles. The van der Waals surface area contributed by atoms with Gasteiger partial charge in [0.2, 0.25) is 5.75 Å². The Bertz CT molecular complexity index is 915. The number of nitrogens with one attached hydrogen (secondary N) is 1. The Morgan fingerprint density at radius 3 is 2.55 bits per heavy atom. The molecule has 0 fully saturated rings. The summed E-state index contributed by atoms with van der Waals surface area (Å²) in [6, 6.07) is 14.4. The van der Waals surface area contributed by atoms with E-state index in [0.29, 0.717) is 29.9 Å². The molecule has 0 saturated carbocycles. The summed E-state index contributed by atoms with van der Waals surface area (Å²) >= 11 is 0. The number of methoxy groups -OCH3 is 2. The molecule has 0 amide bonds. The molecule has 29 heavy (non-hydrogen) atoms. The number of aryl methyl sites for hydroxylation is 1. The van der Waals surface area contributed by atoms with Crippen molar-refractivity contribution in [1.29, 1.82) is 0 Å². The number of imidazole rings is 1. The van der Waals surface area contributed by atoms with Gasteiger partial charge in [-0.2, -0.15) is 0 Å². The highest BCUT2D eigenvalue weighted by molar-refractivity contribution is 5.54. The summed E-state index contributed by atoms with van der Waals surface area (Å²) in [6.45, 7) is 2.35. The minimum atomic E-state index is 0.322. The fraction of sp³-hybridized carbons (Fsp3) is 0.348. The van der Waals surface area contributed by atoms with Crippen molar-refractivity contribution < 1.29 is 14.2 Å². The topological polar surface area (TPSA) is 57.5 Å². The van der Waals surface area contributed by atoms with Gasteiger partial charge in [0.15, 0.2) is 11.5 Å². The van der Waals surface area contributed by atoms with Gasteiger partial charge in [-0.1, -0.05) is 30.3 Å². The van der Waals surface area contributed by atoms with E-state index in [-0.39, 0.29) is 0 Å². The van der Waals surface area contributed by atoms with Crippen LogP contribution in [0.4, 0.5) is 0 Å². The molecule has 0 saturated heterocycles. The molecule has 1 aliphatic rings. The van der Waals surface area contributed by atoms with Crippen molar-refractivity contribution in [3.63, 3.8) is 0 Å². The van der Waals surface area contributed by atoms with E-state index in [1.807, 2.05) is 54.9 Å². The molecule has 152 valence electrons. The second kappa shape index (κ2) is 9.01. The Morgan fingerprint density at radius 2 is 1.83 bits per heavy atom. The predicted molar refractivity (Wildman–Crippen MR) is 112 cm³/mol. The summed E-state index contributed by atoms with van der Waals surface area (Å²) in [6.07, 6.45) is 5.86. The molecule has 3 aromatic rings. The molecule has 2 aromatic carbocycles. The first-order valence-electron chi connectivity index (χ1n) is 9.94. The second-order valence-corrected chi connectivity index (χ2v) is 7.13. The maximum Gasteiger partial charge on any atom is 0.203 e. The summed E-state index contributed by atoms with van der Waals surface area (Å²) in [5.41, 5.74) is 2.24. The molecule has 1 unspecified atom stereocenters. The first kappa shape index (κ1) is 19.3. The van der Waals surface area contributed by atoms with Crippen LogP contribution in [0, 0.1) is 0 Å². The van der Waals surface area contributed by atoms with Crippen LogP contribution in [-0.4, -0.2) is 30.3 Å². The van der Waals surface area contributed by atoms with E-state index in [4.69, 9.17) is 14.2 Å². The monoisotopic (exact) mass is 393 g/mol. The van der Waals surface area contributed by atoms with E-state index in [1.54, 1.807) is 14.2 Å². The van der Waals surface area contributed by atoms with Gasteiger partial charge in [0.05, 0.1) is 20.3 Å². The van der Waals surface area contributed by atoms with Gasteiger partial charge in [0, 0.05) is 18.9 Å². The van der Waals surface area contributed by atoms with Crippen LogP contribution >= 0.6 is 0 Å². The number of benzene rings is 2. The number of rotatable bonds is 9. The Balaban J connectivity index is 1.41. The molecular formula is C23H27N3O3. The summed E-state index contributed by atoms with van der Waals surface area (Å²) in [5.74, 6) is 3.14. The van der Waals surface area contributed by atoms with Crippen LogP contribution in [0.2, 0.25) is 0 Å². The number of ether oxygens (including phenoxy) is 3. The molecule has 1 atom stereocenters. The lowest BCUT2D eigenvalue weighted by Gasteiger charge is -2.17. The van der Waals surface area contributed by atoms with E-state index >= 15 is 0 Å². The number of nitrogens with zero attached hydrogens (tertiary/aromatic N) is 2. The van der Waals surface area contributed by atoms with Gasteiger partial charge >= 0.3 is 0 Å². The van der Waals surface area contributed by atoms with Crippen LogP contribution in [0.15, 0.2) is 54.9 Å². The maximum atomic E-state index is 6.03. The molecule has 1 N–H and O–H groups in total. The third-order valence-corrected chi connectivity index (χ3v) is 5.27. The summed E-state index contributed by atoms with van der Waals surface area (Å²) < 4.78 is 19.4. The lowest BCUT2D eigenvalue weighted by Crippen LogP contribution is -2.22. The molecule has 0 spiro atoms. The zero-order valence-electron chi connectivity index (χ0n) is 16.9. The SMILES string of the molecule is COc1cc(CCNC2CCn3ccnc32)cc(OC)c1OCc1ccccc1. The third kappa shape index (κ3) is 4.38. The van der Waals surface area contributed by atoms with Crippen molar-refractivity contribution in [1.82, 2.24) is 14.9 Å². The smallest absolute Gasteiger partial charge is 0.203 e. The average molecular weight is 393 g/mol. The number of hydrogen-bond donors (Lipinski definition) is 1. The van der Waals surface area contributed by atoms with E-state index < -0.39 is 0 Å². The Labute approximate surface area is 171 Å². The fourth-order valence-corrected chi connectivity index (χ4v) is 3.75. The van der Waals surface area contributed by atoms with Gasteiger partial charge in [-0.25, -0.2) is 4.98 Å². The molecule has 0 radical (unpaired) electrons. The molecule has 6 nitrogen and oxygen atoms in total. The molecule has 1 aromatic heterocycles. The zero-order chi connectivity index (χ0) is 20.1. The maximum absolute atomic E-state index is 6.03. The standard InChI is InChI=1S/C23H27N3O3/c1-27-20-14-18(8-10-24-19-9-12-26-13-11-25-23(19)26)15-21(28-2)22(20)29-16-17-6-4-3-5-7-17/h3-7,11,13-15,19,24H,8-10,12,16H2,1-2H3. The number of fused-ring (bicyclic) bond motifs is 1. The van der Waals surface area contributed by atoms with E-state index in [2.05, 4.69) is 14.9 Å². The van der Waals surface area contributed by atoms with Gasteiger partial charge in [-0.05, 0) is 42.6 Å². The van der Waals surface area contributed by atoms with E-state index in [0.717, 1.165) is 42.9 Å². The van der Waals surface area contributed by atoms with Crippen LogP contribution in [0.5, 0.6) is 17.2 Å².